The van der Waals surface area contributed by atoms with Crippen molar-refractivity contribution < 1.29 is 0 Å². The maximum Gasteiger partial charge on any atom is 0.251 e. The molecule has 0 aliphatic rings. The minimum absolute atomic E-state index is 0.0378. The molecule has 0 saturated carbocycles. The summed E-state index contributed by atoms with van der Waals surface area (Å²) in [6.45, 7) is 12.4. The van der Waals surface area contributed by atoms with Crippen molar-refractivity contribution in [2.24, 2.45) is 0 Å². The molecule has 1 aromatic heterocycles. The molecule has 0 aromatic carbocycles. The van der Waals surface area contributed by atoms with Crippen molar-refractivity contribution in [2.75, 3.05) is 0 Å². The first-order valence-corrected chi connectivity index (χ1v) is 5.36. The number of hydrogen-bond donors (Lipinski definition) is 0. The number of rotatable bonds is 0. The Labute approximate surface area is 91.9 Å². The van der Waals surface area contributed by atoms with E-state index in [9.17, 15) is 4.79 Å². The highest BCUT2D eigenvalue weighted by Crippen LogP contribution is 2.21. The molecule has 0 aliphatic carbocycles. The Hall–Kier alpha value is -1.05. The van der Waals surface area contributed by atoms with E-state index in [2.05, 4.69) is 20.8 Å². The fourth-order valence-electron chi connectivity index (χ4n) is 1.50. The summed E-state index contributed by atoms with van der Waals surface area (Å²) in [5, 5.41) is 0. The first-order chi connectivity index (χ1) is 6.62. The molecule has 0 unspecified atom stereocenters. The zero-order valence-electron chi connectivity index (χ0n) is 10.6. The lowest BCUT2D eigenvalue weighted by molar-refractivity contribution is 0.382. The first kappa shape index (κ1) is 12.0. The van der Waals surface area contributed by atoms with Crippen molar-refractivity contribution in [1.29, 1.82) is 0 Å². The molecule has 1 heterocycles. The highest BCUT2D eigenvalue weighted by atomic mass is 16.1. The minimum Gasteiger partial charge on any atom is -0.310 e. The molecular formula is C13H21NO. The van der Waals surface area contributed by atoms with Crippen LogP contribution in [0.1, 0.15) is 47.1 Å². The maximum atomic E-state index is 11.9. The lowest BCUT2D eigenvalue weighted by Crippen LogP contribution is -2.33. The molecule has 0 radical (unpaired) electrons. The molecule has 15 heavy (non-hydrogen) atoms. The molecule has 0 atom stereocenters. The van der Waals surface area contributed by atoms with Gasteiger partial charge < -0.3 is 4.57 Å². The Morgan fingerprint density at radius 2 is 1.60 bits per heavy atom. The minimum atomic E-state index is -0.145. The van der Waals surface area contributed by atoms with E-state index in [-0.39, 0.29) is 16.5 Å². The third-order valence-corrected chi connectivity index (χ3v) is 2.51. The van der Waals surface area contributed by atoms with Crippen LogP contribution in [0, 0.1) is 0 Å². The maximum absolute atomic E-state index is 11.9. The number of nitrogens with zero attached hydrogens (tertiary/aromatic N) is 1. The van der Waals surface area contributed by atoms with Crippen LogP contribution in [0.2, 0.25) is 0 Å². The van der Waals surface area contributed by atoms with E-state index in [1.165, 1.54) is 0 Å². The second-order valence-electron chi connectivity index (χ2n) is 6.04. The van der Waals surface area contributed by atoms with Gasteiger partial charge in [-0.1, -0.05) is 20.8 Å². The lowest BCUT2D eigenvalue weighted by atomic mass is 9.88. The van der Waals surface area contributed by atoms with Crippen LogP contribution < -0.4 is 5.56 Å². The molecule has 0 amide bonds. The summed E-state index contributed by atoms with van der Waals surface area (Å²) in [4.78, 5) is 11.9. The third kappa shape index (κ3) is 2.71. The average Bonchev–Trinajstić information content (AvgIpc) is 1.99. The Kier molecular flexibility index (Phi) is 2.81. The summed E-state index contributed by atoms with van der Waals surface area (Å²) in [6, 6.07) is 3.78. The molecule has 0 bridgehead atoms. The van der Waals surface area contributed by atoms with Crippen LogP contribution in [0.25, 0.3) is 0 Å². The SMILES string of the molecule is CC(C)(C)c1ccn(C(C)(C)C)c(=O)c1. The highest BCUT2D eigenvalue weighted by molar-refractivity contribution is 5.20. The van der Waals surface area contributed by atoms with Crippen LogP contribution >= 0.6 is 0 Å². The zero-order valence-corrected chi connectivity index (χ0v) is 10.6. The summed E-state index contributed by atoms with van der Waals surface area (Å²) < 4.78 is 1.77. The van der Waals surface area contributed by atoms with Gasteiger partial charge in [-0.3, -0.25) is 4.79 Å². The summed E-state index contributed by atoms with van der Waals surface area (Å²) >= 11 is 0. The van der Waals surface area contributed by atoms with Gasteiger partial charge in [-0.15, -0.1) is 0 Å². The van der Waals surface area contributed by atoms with Gasteiger partial charge in [-0.25, -0.2) is 0 Å². The fraction of sp³-hybridized carbons (Fsp3) is 0.615. The molecule has 1 aromatic rings. The predicted octanol–water partition coefficient (Wildman–Crippen LogP) is 2.90. The summed E-state index contributed by atoms with van der Waals surface area (Å²) in [5.41, 5.74) is 1.06. The van der Waals surface area contributed by atoms with E-state index >= 15 is 0 Å². The summed E-state index contributed by atoms with van der Waals surface area (Å²) in [6.07, 6.45) is 1.89. The largest absolute Gasteiger partial charge is 0.310 e. The van der Waals surface area contributed by atoms with Crippen LogP contribution in [-0.2, 0) is 11.0 Å². The third-order valence-electron chi connectivity index (χ3n) is 2.51. The van der Waals surface area contributed by atoms with E-state index in [1.807, 2.05) is 33.0 Å². The van der Waals surface area contributed by atoms with Gasteiger partial charge in [0.25, 0.3) is 5.56 Å². The van der Waals surface area contributed by atoms with Gasteiger partial charge in [0.15, 0.2) is 0 Å². The summed E-state index contributed by atoms with van der Waals surface area (Å²) in [7, 11) is 0. The zero-order chi connectivity index (χ0) is 11.9. The smallest absolute Gasteiger partial charge is 0.251 e. The van der Waals surface area contributed by atoms with Crippen LogP contribution in [-0.4, -0.2) is 4.57 Å². The molecule has 0 aliphatic heterocycles. The van der Waals surface area contributed by atoms with Gasteiger partial charge >= 0.3 is 0 Å². The van der Waals surface area contributed by atoms with Crippen molar-refractivity contribution in [3.05, 3.63) is 34.2 Å². The number of aromatic nitrogens is 1. The van der Waals surface area contributed by atoms with Crippen LogP contribution in [0.5, 0.6) is 0 Å². The van der Waals surface area contributed by atoms with E-state index in [0.29, 0.717) is 0 Å². The first-order valence-electron chi connectivity index (χ1n) is 5.36. The van der Waals surface area contributed by atoms with Crippen LogP contribution in [0.3, 0.4) is 0 Å². The second kappa shape index (κ2) is 3.51. The summed E-state index contributed by atoms with van der Waals surface area (Å²) in [5.74, 6) is 0. The van der Waals surface area contributed by atoms with Crippen molar-refractivity contribution in [3.8, 4) is 0 Å². The van der Waals surface area contributed by atoms with Crippen LogP contribution in [0.15, 0.2) is 23.1 Å². The van der Waals surface area contributed by atoms with Gasteiger partial charge in [-0.2, -0.15) is 0 Å². The molecule has 0 saturated heterocycles. The van der Waals surface area contributed by atoms with E-state index < -0.39 is 0 Å². The average molecular weight is 207 g/mol. The standard InChI is InChI=1S/C13H21NO/c1-12(2,3)10-7-8-14(11(15)9-10)13(4,5)6/h7-9H,1-6H3. The van der Waals surface area contributed by atoms with Gasteiger partial charge in [0.1, 0.15) is 0 Å². The van der Waals surface area contributed by atoms with Crippen molar-refractivity contribution in [3.63, 3.8) is 0 Å². The van der Waals surface area contributed by atoms with E-state index in [0.717, 1.165) is 5.56 Å². The fourth-order valence-corrected chi connectivity index (χ4v) is 1.50. The van der Waals surface area contributed by atoms with E-state index in [1.54, 1.807) is 10.6 Å². The molecule has 1 rings (SSSR count). The molecule has 0 N–H and O–H groups in total. The Balaban J connectivity index is 3.28. The topological polar surface area (TPSA) is 22.0 Å². The second-order valence-corrected chi connectivity index (χ2v) is 6.04. The van der Waals surface area contributed by atoms with Crippen molar-refractivity contribution in [1.82, 2.24) is 4.57 Å². The van der Waals surface area contributed by atoms with Crippen molar-refractivity contribution in [2.45, 2.75) is 52.5 Å². The molecule has 0 fully saturated rings. The van der Waals surface area contributed by atoms with Gasteiger partial charge in [-0.05, 0) is 37.8 Å². The highest BCUT2D eigenvalue weighted by Gasteiger charge is 2.18. The monoisotopic (exact) mass is 207 g/mol. The quantitative estimate of drug-likeness (QED) is 0.641. The Bertz CT molecular complexity index is 402. The number of hydrogen-bond acceptors (Lipinski definition) is 1. The normalized spacial score (nSPS) is 12.9. The molecular weight excluding hydrogens is 186 g/mol. The van der Waals surface area contributed by atoms with Gasteiger partial charge in [0.2, 0.25) is 0 Å². The molecule has 0 spiro atoms. The number of pyridine rings is 1. The van der Waals surface area contributed by atoms with Crippen LogP contribution in [0.4, 0.5) is 0 Å². The Morgan fingerprint density at radius 1 is 1.07 bits per heavy atom. The van der Waals surface area contributed by atoms with Gasteiger partial charge in [0.05, 0.1) is 0 Å². The van der Waals surface area contributed by atoms with Gasteiger partial charge in [0, 0.05) is 17.8 Å². The molecule has 2 nitrogen and oxygen atoms in total. The van der Waals surface area contributed by atoms with Crippen molar-refractivity contribution >= 4 is 0 Å². The molecule has 84 valence electrons. The predicted molar refractivity (Wildman–Crippen MR) is 64.4 cm³/mol. The molecule has 2 heteroatoms. The Morgan fingerprint density at radius 3 is 1.93 bits per heavy atom. The van der Waals surface area contributed by atoms with E-state index in [4.69, 9.17) is 0 Å². The lowest BCUT2D eigenvalue weighted by Gasteiger charge is -2.25.